The van der Waals surface area contributed by atoms with Crippen LogP contribution >= 0.6 is 0 Å². The fourth-order valence-corrected chi connectivity index (χ4v) is 2.18. The smallest absolute Gasteiger partial charge is 0.122 e. The molecule has 3 atom stereocenters. The Hall–Kier alpha value is -1.06. The molecule has 0 aliphatic heterocycles. The third-order valence-corrected chi connectivity index (χ3v) is 3.79. The quantitative estimate of drug-likeness (QED) is 0.816. The molecule has 1 aromatic carbocycles. The van der Waals surface area contributed by atoms with Crippen molar-refractivity contribution in [2.45, 2.75) is 32.8 Å². The van der Waals surface area contributed by atoms with Gasteiger partial charge in [0.15, 0.2) is 0 Å². The molecule has 0 fully saturated rings. The summed E-state index contributed by atoms with van der Waals surface area (Å²) in [5.41, 5.74) is 6.84. The molecule has 0 aliphatic rings. The minimum absolute atomic E-state index is 0.0847. The van der Waals surface area contributed by atoms with Crippen LogP contribution in [-0.2, 0) is 0 Å². The Morgan fingerprint density at radius 2 is 1.83 bits per heavy atom. The van der Waals surface area contributed by atoms with Crippen LogP contribution in [-0.4, -0.2) is 24.9 Å². The summed E-state index contributed by atoms with van der Waals surface area (Å²) in [5, 5.41) is 10.5. The normalized spacial score (nSPS) is 16.4. The molecule has 0 aromatic heterocycles. The summed E-state index contributed by atoms with van der Waals surface area (Å²) < 4.78 is 5.35. The maximum Gasteiger partial charge on any atom is 0.122 e. The van der Waals surface area contributed by atoms with Crippen molar-refractivity contribution in [1.82, 2.24) is 0 Å². The first-order valence-corrected chi connectivity index (χ1v) is 6.54. The zero-order valence-corrected chi connectivity index (χ0v) is 11.8. The molecule has 3 nitrogen and oxygen atoms in total. The number of methoxy groups -OCH3 is 1. The predicted octanol–water partition coefficient (Wildman–Crippen LogP) is 2.39. The summed E-state index contributed by atoms with van der Waals surface area (Å²) in [6.45, 7) is 6.71. The molecule has 18 heavy (non-hydrogen) atoms. The van der Waals surface area contributed by atoms with Gasteiger partial charge in [-0.1, -0.05) is 39.0 Å². The molecule has 3 N–H and O–H groups in total. The average molecular weight is 251 g/mol. The molecule has 0 heterocycles. The van der Waals surface area contributed by atoms with Gasteiger partial charge in [0.2, 0.25) is 0 Å². The summed E-state index contributed by atoms with van der Waals surface area (Å²) in [7, 11) is 1.64. The highest BCUT2D eigenvalue weighted by atomic mass is 16.5. The number of aliphatic hydroxyl groups is 1. The molecule has 0 radical (unpaired) electrons. The number of benzene rings is 1. The van der Waals surface area contributed by atoms with Crippen molar-refractivity contribution >= 4 is 0 Å². The van der Waals surface area contributed by atoms with Crippen molar-refractivity contribution in [1.29, 1.82) is 0 Å². The van der Waals surface area contributed by atoms with Gasteiger partial charge in [0.25, 0.3) is 0 Å². The van der Waals surface area contributed by atoms with Crippen LogP contribution in [0.3, 0.4) is 0 Å². The number of hydrogen-bond donors (Lipinski definition) is 2. The lowest BCUT2D eigenvalue weighted by molar-refractivity contribution is 0.0676. The SMILES string of the molecule is COc1ccccc1C(CN)C(O)C(C)C(C)C. The van der Waals surface area contributed by atoms with Gasteiger partial charge in [-0.2, -0.15) is 0 Å². The van der Waals surface area contributed by atoms with Crippen molar-refractivity contribution < 1.29 is 9.84 Å². The molecule has 3 unspecified atom stereocenters. The van der Waals surface area contributed by atoms with Gasteiger partial charge in [-0.05, 0) is 17.9 Å². The van der Waals surface area contributed by atoms with Crippen molar-refractivity contribution in [3.63, 3.8) is 0 Å². The molecule has 0 saturated carbocycles. The third-order valence-electron chi connectivity index (χ3n) is 3.79. The first kappa shape index (κ1) is 15.0. The summed E-state index contributed by atoms with van der Waals surface area (Å²) in [5.74, 6) is 1.33. The van der Waals surface area contributed by atoms with Crippen LogP contribution in [0.5, 0.6) is 5.75 Å². The number of nitrogens with two attached hydrogens (primary N) is 1. The maximum atomic E-state index is 10.5. The molecule has 3 heteroatoms. The van der Waals surface area contributed by atoms with Crippen LogP contribution in [0, 0.1) is 11.8 Å². The van der Waals surface area contributed by atoms with E-state index in [0.29, 0.717) is 12.5 Å². The van der Waals surface area contributed by atoms with Gasteiger partial charge in [0.1, 0.15) is 5.75 Å². The van der Waals surface area contributed by atoms with Crippen LogP contribution in [0.15, 0.2) is 24.3 Å². The lowest BCUT2D eigenvalue weighted by Gasteiger charge is -2.30. The van der Waals surface area contributed by atoms with E-state index in [1.54, 1.807) is 7.11 Å². The molecular formula is C15H25NO2. The van der Waals surface area contributed by atoms with Crippen molar-refractivity contribution in [3.8, 4) is 5.75 Å². The summed E-state index contributed by atoms with van der Waals surface area (Å²) in [6.07, 6.45) is -0.453. The van der Waals surface area contributed by atoms with E-state index < -0.39 is 6.10 Å². The van der Waals surface area contributed by atoms with Gasteiger partial charge in [0, 0.05) is 18.0 Å². The molecular weight excluding hydrogens is 226 g/mol. The monoisotopic (exact) mass is 251 g/mol. The van der Waals surface area contributed by atoms with Crippen molar-refractivity contribution in [3.05, 3.63) is 29.8 Å². The first-order chi connectivity index (χ1) is 8.52. The number of rotatable bonds is 6. The molecule has 1 rings (SSSR count). The number of aliphatic hydroxyl groups excluding tert-OH is 1. The molecule has 0 saturated heterocycles. The van der Waals surface area contributed by atoms with Crippen LogP contribution in [0.25, 0.3) is 0 Å². The lowest BCUT2D eigenvalue weighted by Crippen LogP contribution is -2.33. The minimum atomic E-state index is -0.453. The third kappa shape index (κ3) is 3.24. The van der Waals surface area contributed by atoms with E-state index in [2.05, 4.69) is 20.8 Å². The Kier molecular flexibility index (Phi) is 5.63. The highest BCUT2D eigenvalue weighted by Gasteiger charge is 2.28. The average Bonchev–Trinajstić information content (AvgIpc) is 2.38. The molecule has 0 amide bonds. The second-order valence-corrected chi connectivity index (χ2v) is 5.18. The Morgan fingerprint density at radius 1 is 1.22 bits per heavy atom. The van der Waals surface area contributed by atoms with E-state index in [0.717, 1.165) is 11.3 Å². The fraction of sp³-hybridized carbons (Fsp3) is 0.600. The standard InChI is InChI=1S/C15H25NO2/c1-10(2)11(3)15(17)13(9-16)12-7-5-6-8-14(12)18-4/h5-8,10-11,13,15,17H,9,16H2,1-4H3. The van der Waals surface area contributed by atoms with Gasteiger partial charge in [-0.15, -0.1) is 0 Å². The Bertz CT molecular complexity index is 365. The summed E-state index contributed by atoms with van der Waals surface area (Å²) in [6, 6.07) is 7.76. The van der Waals surface area contributed by atoms with E-state index in [4.69, 9.17) is 10.5 Å². The summed E-state index contributed by atoms with van der Waals surface area (Å²) in [4.78, 5) is 0. The van der Waals surface area contributed by atoms with Gasteiger partial charge in [-0.25, -0.2) is 0 Å². The molecule has 0 aliphatic carbocycles. The molecule has 0 bridgehead atoms. The highest BCUT2D eigenvalue weighted by molar-refractivity contribution is 5.37. The van der Waals surface area contributed by atoms with E-state index in [1.165, 1.54) is 0 Å². The number of ether oxygens (including phenoxy) is 1. The summed E-state index contributed by atoms with van der Waals surface area (Å²) >= 11 is 0. The zero-order chi connectivity index (χ0) is 13.7. The highest BCUT2D eigenvalue weighted by Crippen LogP contribution is 2.32. The van der Waals surface area contributed by atoms with Crippen LogP contribution < -0.4 is 10.5 Å². The van der Waals surface area contributed by atoms with Gasteiger partial charge >= 0.3 is 0 Å². The molecule has 102 valence electrons. The Labute approximate surface area is 110 Å². The fourth-order valence-electron chi connectivity index (χ4n) is 2.18. The molecule has 0 spiro atoms. The topological polar surface area (TPSA) is 55.5 Å². The predicted molar refractivity (Wildman–Crippen MR) is 74.8 cm³/mol. The van der Waals surface area contributed by atoms with Gasteiger partial charge in [0.05, 0.1) is 13.2 Å². The van der Waals surface area contributed by atoms with Crippen molar-refractivity contribution in [2.75, 3.05) is 13.7 Å². The van der Waals surface area contributed by atoms with Gasteiger partial charge < -0.3 is 15.6 Å². The Morgan fingerprint density at radius 3 is 2.33 bits per heavy atom. The molecule has 1 aromatic rings. The number of hydrogen-bond acceptors (Lipinski definition) is 3. The van der Waals surface area contributed by atoms with E-state index in [9.17, 15) is 5.11 Å². The lowest BCUT2D eigenvalue weighted by atomic mass is 9.81. The Balaban J connectivity index is 3.02. The van der Waals surface area contributed by atoms with E-state index >= 15 is 0 Å². The second kappa shape index (κ2) is 6.76. The van der Waals surface area contributed by atoms with Gasteiger partial charge in [-0.3, -0.25) is 0 Å². The first-order valence-electron chi connectivity index (χ1n) is 6.54. The maximum absolute atomic E-state index is 10.5. The van der Waals surface area contributed by atoms with Crippen LogP contribution in [0.1, 0.15) is 32.3 Å². The van der Waals surface area contributed by atoms with Crippen LogP contribution in [0.4, 0.5) is 0 Å². The zero-order valence-electron chi connectivity index (χ0n) is 11.8. The minimum Gasteiger partial charge on any atom is -0.496 e. The van der Waals surface area contributed by atoms with Crippen LogP contribution in [0.2, 0.25) is 0 Å². The number of para-hydroxylation sites is 1. The van der Waals surface area contributed by atoms with E-state index in [1.807, 2.05) is 24.3 Å². The van der Waals surface area contributed by atoms with E-state index in [-0.39, 0.29) is 11.8 Å². The second-order valence-electron chi connectivity index (χ2n) is 5.18. The largest absolute Gasteiger partial charge is 0.496 e. The van der Waals surface area contributed by atoms with Crippen molar-refractivity contribution in [2.24, 2.45) is 17.6 Å².